The van der Waals surface area contributed by atoms with Crippen LogP contribution in [0.15, 0.2) is 16.7 Å². The first-order valence-corrected chi connectivity index (χ1v) is 7.29. The van der Waals surface area contributed by atoms with Crippen LogP contribution in [0.2, 0.25) is 0 Å². The van der Waals surface area contributed by atoms with Crippen LogP contribution >= 0.6 is 15.9 Å². The predicted octanol–water partition coefficient (Wildman–Crippen LogP) is 1.49. The summed E-state index contributed by atoms with van der Waals surface area (Å²) in [4.78, 5) is 23.3. The summed E-state index contributed by atoms with van der Waals surface area (Å²) < 4.78 is 7.82. The van der Waals surface area contributed by atoms with Gasteiger partial charge in [0.2, 0.25) is 0 Å². The molecule has 0 saturated carbocycles. The van der Waals surface area contributed by atoms with E-state index in [1.165, 1.54) is 0 Å². The molecule has 2 N–H and O–H groups in total. The van der Waals surface area contributed by atoms with Crippen LogP contribution in [0.1, 0.15) is 23.8 Å². The van der Waals surface area contributed by atoms with Gasteiger partial charge in [0.15, 0.2) is 0 Å². The molecule has 1 aliphatic rings. The van der Waals surface area contributed by atoms with Gasteiger partial charge in [0.05, 0.1) is 19.3 Å². The summed E-state index contributed by atoms with van der Waals surface area (Å²) in [5.74, 6) is -1.90. The van der Waals surface area contributed by atoms with E-state index in [2.05, 4.69) is 21.2 Å². The monoisotopic (exact) mass is 344 g/mol. The molecule has 1 amide bonds. The lowest BCUT2D eigenvalue weighted by Crippen LogP contribution is -2.43. The van der Waals surface area contributed by atoms with E-state index in [1.807, 2.05) is 17.7 Å². The first kappa shape index (κ1) is 15.1. The van der Waals surface area contributed by atoms with Gasteiger partial charge in [-0.3, -0.25) is 9.59 Å². The SMILES string of the molecule is CCCn1cc(Br)cc1C(=O)NC1COCC1C(=O)O. The molecule has 0 spiro atoms. The van der Waals surface area contributed by atoms with Crippen LogP contribution in [0.25, 0.3) is 0 Å². The maximum Gasteiger partial charge on any atom is 0.311 e. The maximum atomic E-state index is 12.3. The fourth-order valence-electron chi connectivity index (χ4n) is 2.27. The van der Waals surface area contributed by atoms with Crippen LogP contribution < -0.4 is 5.32 Å². The molecule has 0 aliphatic carbocycles. The molecule has 2 heterocycles. The fourth-order valence-corrected chi connectivity index (χ4v) is 2.74. The van der Waals surface area contributed by atoms with Gasteiger partial charge in [-0.2, -0.15) is 0 Å². The lowest BCUT2D eigenvalue weighted by molar-refractivity contribution is -0.142. The van der Waals surface area contributed by atoms with Crippen molar-refractivity contribution >= 4 is 27.8 Å². The van der Waals surface area contributed by atoms with E-state index < -0.39 is 17.9 Å². The number of carboxylic acids is 1. The number of nitrogens with zero attached hydrogens (tertiary/aromatic N) is 1. The molecule has 7 heteroatoms. The van der Waals surface area contributed by atoms with E-state index in [-0.39, 0.29) is 19.1 Å². The highest BCUT2D eigenvalue weighted by Gasteiger charge is 2.35. The Morgan fingerprint density at radius 1 is 1.55 bits per heavy atom. The zero-order valence-corrected chi connectivity index (χ0v) is 12.7. The van der Waals surface area contributed by atoms with Gasteiger partial charge in [-0.1, -0.05) is 6.92 Å². The van der Waals surface area contributed by atoms with Gasteiger partial charge >= 0.3 is 5.97 Å². The smallest absolute Gasteiger partial charge is 0.311 e. The molecule has 1 aromatic rings. The van der Waals surface area contributed by atoms with Crippen LogP contribution in [0, 0.1) is 5.92 Å². The molecular formula is C13H17BrN2O4. The quantitative estimate of drug-likeness (QED) is 0.847. The Balaban J connectivity index is 2.10. The third kappa shape index (κ3) is 3.21. The van der Waals surface area contributed by atoms with Crippen LogP contribution in [0.4, 0.5) is 0 Å². The number of rotatable bonds is 5. The lowest BCUT2D eigenvalue weighted by atomic mass is 10.0. The summed E-state index contributed by atoms with van der Waals surface area (Å²) in [6.45, 7) is 3.14. The molecule has 2 rings (SSSR count). The minimum atomic E-state index is -0.946. The fraction of sp³-hybridized carbons (Fsp3) is 0.538. The van der Waals surface area contributed by atoms with Gasteiger partial charge in [-0.05, 0) is 28.4 Å². The molecule has 2 unspecified atom stereocenters. The normalized spacial score (nSPS) is 21.9. The summed E-state index contributed by atoms with van der Waals surface area (Å²) in [6.07, 6.45) is 2.75. The van der Waals surface area contributed by atoms with Crippen molar-refractivity contribution in [1.29, 1.82) is 0 Å². The van der Waals surface area contributed by atoms with Crippen molar-refractivity contribution in [2.45, 2.75) is 25.9 Å². The summed E-state index contributed by atoms with van der Waals surface area (Å²) in [7, 11) is 0. The number of ether oxygens (including phenoxy) is 1. The molecular weight excluding hydrogens is 328 g/mol. The molecule has 1 fully saturated rings. The average Bonchev–Trinajstić information content (AvgIpc) is 2.96. The number of aryl methyl sites for hydroxylation is 1. The molecule has 0 aromatic carbocycles. The molecule has 110 valence electrons. The van der Waals surface area contributed by atoms with Gasteiger partial charge in [0, 0.05) is 17.2 Å². The van der Waals surface area contributed by atoms with Crippen molar-refractivity contribution in [2.75, 3.05) is 13.2 Å². The second kappa shape index (κ2) is 6.41. The molecule has 6 nitrogen and oxygen atoms in total. The van der Waals surface area contributed by atoms with E-state index in [9.17, 15) is 9.59 Å². The Labute approximate surface area is 125 Å². The van der Waals surface area contributed by atoms with E-state index in [0.717, 1.165) is 17.4 Å². The van der Waals surface area contributed by atoms with Crippen molar-refractivity contribution in [2.24, 2.45) is 5.92 Å². The van der Waals surface area contributed by atoms with E-state index >= 15 is 0 Å². The van der Waals surface area contributed by atoms with Gasteiger partial charge in [-0.15, -0.1) is 0 Å². The van der Waals surface area contributed by atoms with Crippen LogP contribution in [-0.2, 0) is 16.1 Å². The Bertz CT molecular complexity index is 514. The van der Waals surface area contributed by atoms with Crippen molar-refractivity contribution in [3.8, 4) is 0 Å². The van der Waals surface area contributed by atoms with E-state index in [0.29, 0.717) is 5.69 Å². The third-order valence-electron chi connectivity index (χ3n) is 3.27. The topological polar surface area (TPSA) is 80.6 Å². The van der Waals surface area contributed by atoms with Crippen LogP contribution in [-0.4, -0.2) is 40.8 Å². The number of aliphatic carboxylic acids is 1. The molecule has 2 atom stereocenters. The summed E-state index contributed by atoms with van der Waals surface area (Å²) >= 11 is 3.35. The van der Waals surface area contributed by atoms with Crippen molar-refractivity contribution in [3.63, 3.8) is 0 Å². The predicted molar refractivity (Wildman–Crippen MR) is 75.6 cm³/mol. The molecule has 0 bridgehead atoms. The Kier molecular flexibility index (Phi) is 4.82. The number of nitrogens with one attached hydrogen (secondary N) is 1. The van der Waals surface area contributed by atoms with Gasteiger partial charge in [0.25, 0.3) is 5.91 Å². The van der Waals surface area contributed by atoms with Gasteiger partial charge < -0.3 is 19.7 Å². The highest BCUT2D eigenvalue weighted by molar-refractivity contribution is 9.10. The molecule has 20 heavy (non-hydrogen) atoms. The highest BCUT2D eigenvalue weighted by atomic mass is 79.9. The number of carbonyl (C=O) groups excluding carboxylic acids is 1. The third-order valence-corrected chi connectivity index (χ3v) is 3.71. The highest BCUT2D eigenvalue weighted by Crippen LogP contribution is 2.18. The minimum absolute atomic E-state index is 0.139. The van der Waals surface area contributed by atoms with Crippen LogP contribution in [0.3, 0.4) is 0 Å². The maximum absolute atomic E-state index is 12.3. The van der Waals surface area contributed by atoms with Gasteiger partial charge in [-0.25, -0.2) is 0 Å². The lowest BCUT2D eigenvalue weighted by Gasteiger charge is -2.16. The summed E-state index contributed by atoms with van der Waals surface area (Å²) in [5.41, 5.74) is 0.523. The summed E-state index contributed by atoms with van der Waals surface area (Å²) in [5, 5.41) is 11.8. The number of carboxylic acid groups (broad SMARTS) is 1. The molecule has 1 saturated heterocycles. The average molecular weight is 345 g/mol. The van der Waals surface area contributed by atoms with Crippen molar-refractivity contribution in [1.82, 2.24) is 9.88 Å². The molecule has 1 aliphatic heterocycles. The standard InChI is InChI=1S/C13H17BrN2O4/c1-2-3-16-5-8(14)4-11(16)12(17)15-10-7-20-6-9(10)13(18)19/h4-5,9-10H,2-3,6-7H2,1H3,(H,15,17)(H,18,19). The van der Waals surface area contributed by atoms with Crippen LogP contribution in [0.5, 0.6) is 0 Å². The van der Waals surface area contributed by atoms with Gasteiger partial charge in [0.1, 0.15) is 11.6 Å². The largest absolute Gasteiger partial charge is 0.481 e. The summed E-state index contributed by atoms with van der Waals surface area (Å²) in [6, 6.07) is 1.25. The number of aromatic nitrogens is 1. The first-order valence-electron chi connectivity index (χ1n) is 6.50. The van der Waals surface area contributed by atoms with E-state index in [4.69, 9.17) is 9.84 Å². The molecule has 0 radical (unpaired) electrons. The Morgan fingerprint density at radius 3 is 2.95 bits per heavy atom. The number of halogens is 1. The van der Waals surface area contributed by atoms with Crippen molar-refractivity contribution < 1.29 is 19.4 Å². The Morgan fingerprint density at radius 2 is 2.30 bits per heavy atom. The second-order valence-electron chi connectivity index (χ2n) is 4.80. The minimum Gasteiger partial charge on any atom is -0.481 e. The van der Waals surface area contributed by atoms with E-state index in [1.54, 1.807) is 6.07 Å². The zero-order valence-electron chi connectivity index (χ0n) is 11.1. The second-order valence-corrected chi connectivity index (χ2v) is 5.71. The number of hydrogen-bond donors (Lipinski definition) is 2. The Hall–Kier alpha value is -1.34. The zero-order chi connectivity index (χ0) is 14.7. The first-order chi connectivity index (χ1) is 9.52. The number of carbonyl (C=O) groups is 2. The number of amides is 1. The number of hydrogen-bond acceptors (Lipinski definition) is 3. The molecule has 1 aromatic heterocycles. The van der Waals surface area contributed by atoms with Crippen molar-refractivity contribution in [3.05, 3.63) is 22.4 Å².